The molecule has 1 heterocycles. The van der Waals surface area contributed by atoms with Crippen LogP contribution in [0.25, 0.3) is 10.1 Å². The number of nitrogens with two attached hydrogens (primary N) is 1. The summed E-state index contributed by atoms with van der Waals surface area (Å²) in [6.45, 7) is 0. The Morgan fingerprint density at radius 1 is 1.12 bits per heavy atom. The van der Waals surface area contributed by atoms with Crippen molar-refractivity contribution in [3.8, 4) is 0 Å². The van der Waals surface area contributed by atoms with Crippen LogP contribution in [-0.2, 0) is 24.1 Å². The summed E-state index contributed by atoms with van der Waals surface area (Å²) >= 11 is 1.70. The fraction of sp³-hybridized carbons (Fsp3) is 0.250. The number of hydrogen-bond acceptors (Lipinski definition) is 3. The van der Waals surface area contributed by atoms with Gasteiger partial charge in [0, 0.05) is 10.7 Å². The molecule has 1 aromatic heterocycles. The number of nitrogens with one attached hydrogen (secondary N) is 1. The lowest BCUT2D eigenvalue weighted by Crippen LogP contribution is -2.46. The van der Waals surface area contributed by atoms with Gasteiger partial charge >= 0.3 is 0 Å². The van der Waals surface area contributed by atoms with Crippen molar-refractivity contribution in [1.29, 1.82) is 0 Å². The summed E-state index contributed by atoms with van der Waals surface area (Å²) in [6, 6.07) is 16.3. The molecule has 2 aromatic carbocycles. The predicted octanol–water partition coefficient (Wildman–Crippen LogP) is 3.48. The number of fused-ring (bicyclic) bond motifs is 2. The van der Waals surface area contributed by atoms with Crippen molar-refractivity contribution < 1.29 is 4.79 Å². The summed E-state index contributed by atoms with van der Waals surface area (Å²) < 4.78 is 1.24. The van der Waals surface area contributed by atoms with Crippen molar-refractivity contribution in [2.24, 2.45) is 5.73 Å². The molecule has 1 atom stereocenters. The summed E-state index contributed by atoms with van der Waals surface area (Å²) in [5.41, 5.74) is 10.0. The molecule has 3 nitrogen and oxygen atoms in total. The molecule has 4 rings (SSSR count). The fourth-order valence-electron chi connectivity index (χ4n) is 3.49. The van der Waals surface area contributed by atoms with Gasteiger partial charge < -0.3 is 11.1 Å². The van der Waals surface area contributed by atoms with Gasteiger partial charge in [-0.05, 0) is 52.8 Å². The molecule has 0 unspecified atom stereocenters. The maximum atomic E-state index is 12.5. The summed E-state index contributed by atoms with van der Waals surface area (Å²) in [5, 5.41) is 6.45. The van der Waals surface area contributed by atoms with Gasteiger partial charge in [-0.25, -0.2) is 0 Å². The van der Waals surface area contributed by atoms with Gasteiger partial charge in [0.1, 0.15) is 0 Å². The second kappa shape index (κ2) is 7.56. The van der Waals surface area contributed by atoms with Crippen molar-refractivity contribution in [3.05, 3.63) is 70.6 Å². The Labute approximate surface area is 157 Å². The largest absolute Gasteiger partial charge is 0.351 e. The molecule has 0 bridgehead atoms. The Hall–Kier alpha value is -1.88. The van der Waals surface area contributed by atoms with Crippen LogP contribution >= 0.6 is 23.7 Å². The average Bonchev–Trinajstić information content (AvgIpc) is 3.18. The lowest BCUT2D eigenvalue weighted by molar-refractivity contribution is -0.123. The van der Waals surface area contributed by atoms with Gasteiger partial charge in [-0.2, -0.15) is 0 Å². The highest BCUT2D eigenvalue weighted by Crippen LogP contribution is 2.26. The van der Waals surface area contributed by atoms with E-state index in [-0.39, 0.29) is 24.4 Å². The molecule has 5 heteroatoms. The summed E-state index contributed by atoms with van der Waals surface area (Å²) in [6.07, 6.45) is 2.38. The van der Waals surface area contributed by atoms with Gasteiger partial charge in [0.25, 0.3) is 0 Å². The topological polar surface area (TPSA) is 55.1 Å². The molecule has 0 saturated heterocycles. The first-order valence-corrected chi connectivity index (χ1v) is 9.16. The fourth-order valence-corrected chi connectivity index (χ4v) is 4.47. The van der Waals surface area contributed by atoms with E-state index < -0.39 is 6.04 Å². The van der Waals surface area contributed by atoms with E-state index in [0.717, 1.165) is 18.4 Å². The number of carbonyl (C=O) groups excluding carboxylic acids is 1. The van der Waals surface area contributed by atoms with E-state index in [2.05, 4.69) is 47.1 Å². The van der Waals surface area contributed by atoms with Crippen LogP contribution in [0.1, 0.15) is 16.7 Å². The number of halogens is 1. The molecule has 3 N–H and O–H groups in total. The Balaban J connectivity index is 0.00000182. The van der Waals surface area contributed by atoms with E-state index in [4.69, 9.17) is 5.73 Å². The maximum absolute atomic E-state index is 12.5. The number of thiophene rings is 1. The SMILES string of the molecule is Cl.N[C@@H](Cc1csc2ccccc12)C(=O)NC1Cc2ccccc2C1. The van der Waals surface area contributed by atoms with Crippen LogP contribution in [0.15, 0.2) is 53.9 Å². The van der Waals surface area contributed by atoms with Gasteiger partial charge in [-0.3, -0.25) is 4.79 Å². The summed E-state index contributed by atoms with van der Waals surface area (Å²) in [4.78, 5) is 12.5. The molecule has 0 aliphatic heterocycles. The number of carbonyl (C=O) groups is 1. The Bertz CT molecular complexity index is 867. The molecule has 1 aliphatic carbocycles. The molecule has 3 aromatic rings. The maximum Gasteiger partial charge on any atom is 0.237 e. The van der Waals surface area contributed by atoms with E-state index in [9.17, 15) is 4.79 Å². The zero-order valence-electron chi connectivity index (χ0n) is 13.8. The van der Waals surface area contributed by atoms with E-state index in [1.54, 1.807) is 11.3 Å². The van der Waals surface area contributed by atoms with E-state index >= 15 is 0 Å². The second-order valence-electron chi connectivity index (χ2n) is 6.45. The third-order valence-electron chi connectivity index (χ3n) is 4.74. The highest BCUT2D eigenvalue weighted by atomic mass is 35.5. The van der Waals surface area contributed by atoms with Crippen molar-refractivity contribution in [2.45, 2.75) is 31.3 Å². The first-order chi connectivity index (χ1) is 11.7. The summed E-state index contributed by atoms with van der Waals surface area (Å²) in [7, 11) is 0. The first-order valence-electron chi connectivity index (χ1n) is 8.28. The number of amides is 1. The number of benzene rings is 2. The number of rotatable bonds is 4. The first kappa shape index (κ1) is 17.9. The number of hydrogen-bond donors (Lipinski definition) is 2. The third kappa shape index (κ3) is 3.71. The highest BCUT2D eigenvalue weighted by molar-refractivity contribution is 7.17. The molecular weight excluding hydrogens is 352 g/mol. The van der Waals surface area contributed by atoms with Crippen LogP contribution in [0.3, 0.4) is 0 Å². The molecule has 130 valence electrons. The second-order valence-corrected chi connectivity index (χ2v) is 7.36. The van der Waals surface area contributed by atoms with Gasteiger partial charge in [0.2, 0.25) is 5.91 Å². The molecule has 1 amide bonds. The van der Waals surface area contributed by atoms with Gasteiger partial charge in [0.05, 0.1) is 6.04 Å². The van der Waals surface area contributed by atoms with Crippen LogP contribution in [0, 0.1) is 0 Å². The van der Waals surface area contributed by atoms with Crippen LogP contribution in [-0.4, -0.2) is 18.0 Å². The summed E-state index contributed by atoms with van der Waals surface area (Å²) in [5.74, 6) is -0.0527. The molecule has 0 saturated carbocycles. The predicted molar refractivity (Wildman–Crippen MR) is 107 cm³/mol. The Morgan fingerprint density at radius 3 is 2.48 bits per heavy atom. The molecule has 0 spiro atoms. The Kier molecular flexibility index (Phi) is 5.42. The van der Waals surface area contributed by atoms with Gasteiger partial charge in [-0.15, -0.1) is 23.7 Å². The molecular formula is C20H21ClN2OS. The van der Waals surface area contributed by atoms with Crippen LogP contribution in [0.5, 0.6) is 0 Å². The Morgan fingerprint density at radius 2 is 1.76 bits per heavy atom. The molecule has 0 fully saturated rings. The minimum absolute atomic E-state index is 0. The van der Waals surface area contributed by atoms with Gasteiger partial charge in [-0.1, -0.05) is 42.5 Å². The smallest absolute Gasteiger partial charge is 0.237 e. The van der Waals surface area contributed by atoms with Crippen LogP contribution < -0.4 is 11.1 Å². The third-order valence-corrected chi connectivity index (χ3v) is 5.75. The minimum atomic E-state index is -0.508. The van der Waals surface area contributed by atoms with Crippen molar-refractivity contribution in [3.63, 3.8) is 0 Å². The van der Waals surface area contributed by atoms with E-state index in [1.165, 1.54) is 21.2 Å². The molecule has 25 heavy (non-hydrogen) atoms. The average molecular weight is 373 g/mol. The minimum Gasteiger partial charge on any atom is -0.351 e. The lowest BCUT2D eigenvalue weighted by atomic mass is 10.0. The lowest BCUT2D eigenvalue weighted by Gasteiger charge is -2.16. The zero-order valence-corrected chi connectivity index (χ0v) is 15.4. The quantitative estimate of drug-likeness (QED) is 0.736. The molecule has 0 radical (unpaired) electrons. The van der Waals surface area contributed by atoms with Gasteiger partial charge in [0.15, 0.2) is 0 Å². The zero-order chi connectivity index (χ0) is 16.5. The van der Waals surface area contributed by atoms with Crippen molar-refractivity contribution in [2.75, 3.05) is 0 Å². The van der Waals surface area contributed by atoms with Crippen LogP contribution in [0.2, 0.25) is 0 Å². The molecule has 1 aliphatic rings. The van der Waals surface area contributed by atoms with Crippen molar-refractivity contribution >= 4 is 39.7 Å². The monoisotopic (exact) mass is 372 g/mol. The van der Waals surface area contributed by atoms with E-state index in [1.807, 2.05) is 12.1 Å². The highest BCUT2D eigenvalue weighted by Gasteiger charge is 2.25. The standard InChI is InChI=1S/C20H20N2OS.ClH/c21-18(11-15-12-24-19-8-4-3-7-17(15)19)20(23)22-16-9-13-5-1-2-6-14(13)10-16;/h1-8,12,16,18H,9-11,21H2,(H,22,23);1H/t18-;/m0./s1. The normalized spacial score (nSPS) is 14.8. The van der Waals surface area contributed by atoms with E-state index in [0.29, 0.717) is 6.42 Å². The van der Waals surface area contributed by atoms with Crippen molar-refractivity contribution in [1.82, 2.24) is 5.32 Å². The van der Waals surface area contributed by atoms with Crippen LogP contribution in [0.4, 0.5) is 0 Å².